The molecule has 0 saturated carbocycles. The van der Waals surface area contributed by atoms with E-state index in [9.17, 15) is 0 Å². The van der Waals surface area contributed by atoms with Gasteiger partial charge in [0.25, 0.3) is 0 Å². The summed E-state index contributed by atoms with van der Waals surface area (Å²) in [6, 6.07) is 3.86. The summed E-state index contributed by atoms with van der Waals surface area (Å²) in [5.74, 6) is 0.905. The first-order valence-corrected chi connectivity index (χ1v) is 4.12. The van der Waals surface area contributed by atoms with E-state index in [1.807, 2.05) is 18.3 Å². The van der Waals surface area contributed by atoms with Crippen LogP contribution in [0.15, 0.2) is 35.2 Å². The predicted molar refractivity (Wildman–Crippen MR) is 47.6 cm³/mol. The number of hydrogen-bond donors (Lipinski definition) is 0. The fourth-order valence-electron chi connectivity index (χ4n) is 1.25. The van der Waals surface area contributed by atoms with Gasteiger partial charge in [-0.2, -0.15) is 0 Å². The molecule has 0 atom stereocenters. The van der Waals surface area contributed by atoms with E-state index >= 15 is 0 Å². The van der Waals surface area contributed by atoms with Gasteiger partial charge in [0.2, 0.25) is 5.88 Å². The lowest BCUT2D eigenvalue weighted by molar-refractivity contribution is 0.419. The van der Waals surface area contributed by atoms with Crippen LogP contribution >= 0.6 is 0 Å². The average molecular weight is 164 g/mol. The lowest BCUT2D eigenvalue weighted by atomic mass is 10.6. The van der Waals surface area contributed by atoms with E-state index in [-0.39, 0.29) is 0 Å². The first kappa shape index (κ1) is 7.28. The normalized spacial score (nSPS) is 16.1. The SMILES string of the molecule is CCN1C=CN(c2ccco2)C1. The minimum absolute atomic E-state index is 0.893. The molecule has 0 aliphatic carbocycles. The molecule has 0 bridgehead atoms. The van der Waals surface area contributed by atoms with Crippen molar-refractivity contribution in [2.24, 2.45) is 0 Å². The van der Waals surface area contributed by atoms with Crippen LogP contribution in [0.25, 0.3) is 0 Å². The molecule has 1 aliphatic heterocycles. The molecule has 0 aromatic carbocycles. The molecule has 0 saturated heterocycles. The topological polar surface area (TPSA) is 19.6 Å². The van der Waals surface area contributed by atoms with Crippen LogP contribution in [-0.4, -0.2) is 18.1 Å². The number of nitrogens with zero attached hydrogens (tertiary/aromatic N) is 2. The van der Waals surface area contributed by atoms with Crippen LogP contribution in [0, 0.1) is 0 Å². The van der Waals surface area contributed by atoms with E-state index in [2.05, 4.69) is 22.9 Å². The summed E-state index contributed by atoms with van der Waals surface area (Å²) < 4.78 is 5.26. The van der Waals surface area contributed by atoms with E-state index in [1.165, 1.54) is 0 Å². The molecule has 2 heterocycles. The number of rotatable bonds is 2. The van der Waals surface area contributed by atoms with E-state index in [4.69, 9.17) is 4.42 Å². The first-order valence-electron chi connectivity index (χ1n) is 4.12. The third-order valence-corrected chi connectivity index (χ3v) is 1.99. The van der Waals surface area contributed by atoms with Crippen molar-refractivity contribution >= 4 is 5.88 Å². The summed E-state index contributed by atoms with van der Waals surface area (Å²) in [7, 11) is 0. The molecule has 0 spiro atoms. The van der Waals surface area contributed by atoms with Crippen molar-refractivity contribution in [3.63, 3.8) is 0 Å². The average Bonchev–Trinajstić information content (AvgIpc) is 2.75. The van der Waals surface area contributed by atoms with Crippen LogP contribution in [0.5, 0.6) is 0 Å². The second-order valence-corrected chi connectivity index (χ2v) is 2.77. The molecule has 0 unspecified atom stereocenters. The van der Waals surface area contributed by atoms with Crippen LogP contribution < -0.4 is 4.90 Å². The standard InChI is InChI=1S/C9H12N2O/c1-2-10-5-6-11(8-10)9-4-3-7-12-9/h3-7H,2,8H2,1H3. The van der Waals surface area contributed by atoms with Crippen LogP contribution in [0.1, 0.15) is 6.92 Å². The van der Waals surface area contributed by atoms with E-state index in [0.29, 0.717) is 0 Å². The third kappa shape index (κ3) is 1.18. The summed E-state index contributed by atoms with van der Waals surface area (Å²) >= 11 is 0. The molecule has 0 amide bonds. The molecule has 1 aliphatic rings. The van der Waals surface area contributed by atoms with Crippen molar-refractivity contribution in [3.8, 4) is 0 Å². The molecule has 64 valence electrons. The Kier molecular flexibility index (Phi) is 1.78. The zero-order chi connectivity index (χ0) is 8.39. The van der Waals surface area contributed by atoms with Crippen molar-refractivity contribution < 1.29 is 4.42 Å². The Labute approximate surface area is 71.9 Å². The monoisotopic (exact) mass is 164 g/mol. The molecular formula is C9H12N2O. The zero-order valence-corrected chi connectivity index (χ0v) is 7.10. The van der Waals surface area contributed by atoms with Gasteiger partial charge in [0.1, 0.15) is 0 Å². The van der Waals surface area contributed by atoms with Gasteiger partial charge in [-0.15, -0.1) is 0 Å². The summed E-state index contributed by atoms with van der Waals surface area (Å²) in [6.07, 6.45) is 5.79. The molecule has 3 nitrogen and oxygen atoms in total. The minimum atomic E-state index is 0.893. The van der Waals surface area contributed by atoms with Crippen LogP contribution in [0.2, 0.25) is 0 Å². The molecule has 2 rings (SSSR count). The van der Waals surface area contributed by atoms with Crippen LogP contribution in [-0.2, 0) is 0 Å². The molecule has 0 fully saturated rings. The summed E-state index contributed by atoms with van der Waals surface area (Å²) in [6.45, 7) is 4.06. The molecule has 3 heteroatoms. The largest absolute Gasteiger partial charge is 0.448 e. The number of hydrogen-bond acceptors (Lipinski definition) is 3. The van der Waals surface area contributed by atoms with Crippen LogP contribution in [0.4, 0.5) is 5.88 Å². The van der Waals surface area contributed by atoms with E-state index in [0.717, 1.165) is 19.1 Å². The third-order valence-electron chi connectivity index (χ3n) is 1.99. The molecular weight excluding hydrogens is 152 g/mol. The second kappa shape index (κ2) is 2.93. The van der Waals surface area contributed by atoms with Gasteiger partial charge >= 0.3 is 0 Å². The highest BCUT2D eigenvalue weighted by atomic mass is 16.3. The Morgan fingerprint density at radius 2 is 2.42 bits per heavy atom. The van der Waals surface area contributed by atoms with Crippen molar-refractivity contribution in [2.75, 3.05) is 18.1 Å². The maximum Gasteiger partial charge on any atom is 0.200 e. The van der Waals surface area contributed by atoms with Gasteiger partial charge in [-0.1, -0.05) is 0 Å². The minimum Gasteiger partial charge on any atom is -0.448 e. The Morgan fingerprint density at radius 3 is 3.00 bits per heavy atom. The lowest BCUT2D eigenvalue weighted by Crippen LogP contribution is -2.24. The molecule has 1 aromatic rings. The highest BCUT2D eigenvalue weighted by molar-refractivity contribution is 5.40. The Balaban J connectivity index is 2.06. The van der Waals surface area contributed by atoms with Gasteiger partial charge in [0, 0.05) is 25.0 Å². The maximum atomic E-state index is 5.26. The van der Waals surface area contributed by atoms with Gasteiger partial charge in [0.15, 0.2) is 0 Å². The van der Waals surface area contributed by atoms with Gasteiger partial charge in [-0.25, -0.2) is 0 Å². The highest BCUT2D eigenvalue weighted by Crippen LogP contribution is 2.18. The summed E-state index contributed by atoms with van der Waals surface area (Å²) in [5, 5.41) is 0. The quantitative estimate of drug-likeness (QED) is 0.665. The lowest BCUT2D eigenvalue weighted by Gasteiger charge is -2.17. The Morgan fingerprint density at radius 1 is 1.50 bits per heavy atom. The Hall–Kier alpha value is -1.38. The first-order chi connectivity index (χ1) is 5.90. The second-order valence-electron chi connectivity index (χ2n) is 2.77. The fourth-order valence-corrected chi connectivity index (χ4v) is 1.25. The number of anilines is 1. The molecule has 0 radical (unpaired) electrons. The van der Waals surface area contributed by atoms with Crippen LogP contribution in [0.3, 0.4) is 0 Å². The van der Waals surface area contributed by atoms with Crippen molar-refractivity contribution in [3.05, 3.63) is 30.8 Å². The predicted octanol–water partition coefficient (Wildman–Crippen LogP) is 1.85. The van der Waals surface area contributed by atoms with Crippen molar-refractivity contribution in [2.45, 2.75) is 6.92 Å². The van der Waals surface area contributed by atoms with Crippen molar-refractivity contribution in [1.29, 1.82) is 0 Å². The zero-order valence-electron chi connectivity index (χ0n) is 7.10. The molecule has 12 heavy (non-hydrogen) atoms. The fraction of sp³-hybridized carbons (Fsp3) is 0.333. The molecule has 0 N–H and O–H groups in total. The van der Waals surface area contributed by atoms with Crippen molar-refractivity contribution in [1.82, 2.24) is 4.90 Å². The number of furan rings is 1. The van der Waals surface area contributed by atoms with Gasteiger partial charge in [-0.05, 0) is 13.0 Å². The van der Waals surface area contributed by atoms with E-state index < -0.39 is 0 Å². The summed E-state index contributed by atoms with van der Waals surface area (Å²) in [4.78, 5) is 4.28. The maximum absolute atomic E-state index is 5.26. The van der Waals surface area contributed by atoms with E-state index in [1.54, 1.807) is 6.26 Å². The van der Waals surface area contributed by atoms with Gasteiger partial charge in [-0.3, -0.25) is 4.90 Å². The van der Waals surface area contributed by atoms with Gasteiger partial charge < -0.3 is 9.32 Å². The smallest absolute Gasteiger partial charge is 0.200 e. The van der Waals surface area contributed by atoms with Gasteiger partial charge in [0.05, 0.1) is 12.9 Å². The highest BCUT2D eigenvalue weighted by Gasteiger charge is 2.13. The Bertz CT molecular complexity index is 266. The summed E-state index contributed by atoms with van der Waals surface area (Å²) in [5.41, 5.74) is 0. The molecule has 1 aromatic heterocycles.